The van der Waals surface area contributed by atoms with Crippen LogP contribution < -0.4 is 4.90 Å². The summed E-state index contributed by atoms with van der Waals surface area (Å²) in [6.45, 7) is 0. The second-order valence-electron chi connectivity index (χ2n) is 12.5. The smallest absolute Gasteiger partial charge is 0.0554 e. The van der Waals surface area contributed by atoms with Gasteiger partial charge in [-0.15, -0.1) is 11.3 Å². The Hall–Kier alpha value is -5.96. The third-order valence-electron chi connectivity index (χ3n) is 9.80. The van der Waals surface area contributed by atoms with Crippen LogP contribution in [-0.2, 0) is 0 Å². The zero-order valence-corrected chi connectivity index (χ0v) is 26.9. The molecule has 48 heavy (non-hydrogen) atoms. The van der Waals surface area contributed by atoms with Gasteiger partial charge in [0.1, 0.15) is 0 Å². The largest absolute Gasteiger partial charge is 0.310 e. The van der Waals surface area contributed by atoms with Gasteiger partial charge in [0.05, 0.1) is 5.69 Å². The first-order valence-corrected chi connectivity index (χ1v) is 17.3. The summed E-state index contributed by atoms with van der Waals surface area (Å²) in [7, 11) is 0. The Morgan fingerprint density at radius 2 is 1.02 bits per heavy atom. The van der Waals surface area contributed by atoms with Gasteiger partial charge in [0.2, 0.25) is 0 Å². The number of thiophene rings is 1. The molecule has 2 heteroatoms. The summed E-state index contributed by atoms with van der Waals surface area (Å²) in [6.07, 6.45) is 0. The monoisotopic (exact) mass is 627 g/mol. The summed E-state index contributed by atoms with van der Waals surface area (Å²) in [5.74, 6) is 0. The molecule has 0 aliphatic rings. The Labute approximate surface area is 282 Å². The highest BCUT2D eigenvalue weighted by Crippen LogP contribution is 2.46. The van der Waals surface area contributed by atoms with Crippen LogP contribution in [0.25, 0.3) is 74.4 Å². The highest BCUT2D eigenvalue weighted by molar-refractivity contribution is 7.26. The lowest BCUT2D eigenvalue weighted by Gasteiger charge is -2.27. The van der Waals surface area contributed by atoms with Crippen molar-refractivity contribution in [1.29, 1.82) is 0 Å². The van der Waals surface area contributed by atoms with Crippen LogP contribution in [0.4, 0.5) is 17.1 Å². The van der Waals surface area contributed by atoms with Gasteiger partial charge in [0, 0.05) is 36.9 Å². The summed E-state index contributed by atoms with van der Waals surface area (Å²) in [6, 6.07) is 64.4. The number of para-hydroxylation sites is 1. The highest BCUT2D eigenvalue weighted by Gasteiger charge is 2.19. The fourth-order valence-electron chi connectivity index (χ4n) is 7.63. The van der Waals surface area contributed by atoms with E-state index in [1.807, 2.05) is 11.3 Å². The maximum Gasteiger partial charge on any atom is 0.0554 e. The van der Waals surface area contributed by atoms with Gasteiger partial charge in [-0.05, 0) is 91.3 Å². The molecule has 9 aromatic carbocycles. The van der Waals surface area contributed by atoms with Crippen LogP contribution in [0.2, 0.25) is 0 Å². The van der Waals surface area contributed by atoms with Crippen molar-refractivity contribution in [2.45, 2.75) is 0 Å². The van der Waals surface area contributed by atoms with Crippen molar-refractivity contribution in [1.82, 2.24) is 0 Å². The molecular formula is C46H29NS. The van der Waals surface area contributed by atoms with E-state index in [2.05, 4.69) is 181 Å². The van der Waals surface area contributed by atoms with Gasteiger partial charge in [-0.2, -0.15) is 0 Å². The summed E-state index contributed by atoms with van der Waals surface area (Å²) in [4.78, 5) is 2.42. The lowest BCUT2D eigenvalue weighted by Crippen LogP contribution is -2.10. The minimum Gasteiger partial charge on any atom is -0.310 e. The van der Waals surface area contributed by atoms with E-state index in [1.165, 1.54) is 80.1 Å². The Kier molecular flexibility index (Phi) is 6.12. The third kappa shape index (κ3) is 4.17. The van der Waals surface area contributed by atoms with Crippen LogP contribution in [0.5, 0.6) is 0 Å². The van der Waals surface area contributed by atoms with Gasteiger partial charge >= 0.3 is 0 Å². The molecule has 1 aromatic heterocycles. The molecule has 0 aliphatic heterocycles. The first-order valence-electron chi connectivity index (χ1n) is 16.4. The van der Waals surface area contributed by atoms with E-state index in [0.717, 1.165) is 11.4 Å². The van der Waals surface area contributed by atoms with E-state index in [-0.39, 0.29) is 0 Å². The van der Waals surface area contributed by atoms with Gasteiger partial charge in [-0.25, -0.2) is 0 Å². The number of fused-ring (bicyclic) bond motifs is 10. The maximum atomic E-state index is 2.42. The van der Waals surface area contributed by atoms with E-state index in [1.54, 1.807) is 0 Å². The standard InChI is InChI=1S/C46H29NS/c1-2-13-34(14-3-1)47(42-19-10-12-32-25-28-40-38-17-8-9-20-43(38)48-46(40)45(32)42)35-26-23-31(24-27-35)41-29-33-22-21-30-11-4-5-15-36(30)44(33)39-18-7-6-16-37(39)41/h1-29H. The number of hydrogen-bond acceptors (Lipinski definition) is 2. The highest BCUT2D eigenvalue weighted by atomic mass is 32.1. The Morgan fingerprint density at radius 1 is 0.375 bits per heavy atom. The maximum absolute atomic E-state index is 2.42. The van der Waals surface area contributed by atoms with E-state index < -0.39 is 0 Å². The molecule has 1 nitrogen and oxygen atoms in total. The van der Waals surface area contributed by atoms with Crippen molar-refractivity contribution in [2.24, 2.45) is 0 Å². The fourth-order valence-corrected chi connectivity index (χ4v) is 8.90. The molecule has 0 unspecified atom stereocenters. The number of benzene rings is 9. The minimum atomic E-state index is 1.13. The molecule has 0 atom stereocenters. The van der Waals surface area contributed by atoms with E-state index in [0.29, 0.717) is 0 Å². The molecule has 0 bridgehead atoms. The predicted molar refractivity (Wildman–Crippen MR) is 209 cm³/mol. The molecule has 0 fully saturated rings. The van der Waals surface area contributed by atoms with Crippen molar-refractivity contribution in [3.63, 3.8) is 0 Å². The lowest BCUT2D eigenvalue weighted by molar-refractivity contribution is 1.30. The second kappa shape index (κ2) is 10.8. The molecule has 0 spiro atoms. The van der Waals surface area contributed by atoms with Crippen molar-refractivity contribution in [3.05, 3.63) is 176 Å². The van der Waals surface area contributed by atoms with Crippen LogP contribution in [0.1, 0.15) is 0 Å². The Morgan fingerprint density at radius 3 is 1.88 bits per heavy atom. The zero-order chi connectivity index (χ0) is 31.6. The fraction of sp³-hybridized carbons (Fsp3) is 0. The van der Waals surface area contributed by atoms with Crippen molar-refractivity contribution in [2.75, 3.05) is 4.90 Å². The van der Waals surface area contributed by atoms with Crippen LogP contribution in [0, 0.1) is 0 Å². The van der Waals surface area contributed by atoms with Gasteiger partial charge in [0.15, 0.2) is 0 Å². The quantitative estimate of drug-likeness (QED) is 0.176. The number of anilines is 3. The molecule has 0 saturated heterocycles. The summed E-state index contributed by atoms with van der Waals surface area (Å²) < 4.78 is 2.65. The molecule has 1 heterocycles. The minimum absolute atomic E-state index is 1.13. The van der Waals surface area contributed by atoms with E-state index >= 15 is 0 Å². The molecule has 0 saturated carbocycles. The number of nitrogens with zero attached hydrogens (tertiary/aromatic N) is 1. The molecule has 0 aliphatic carbocycles. The first kappa shape index (κ1) is 27.2. The molecule has 224 valence electrons. The average molecular weight is 628 g/mol. The molecule has 10 aromatic rings. The van der Waals surface area contributed by atoms with Crippen molar-refractivity contribution in [3.8, 4) is 11.1 Å². The van der Waals surface area contributed by atoms with Crippen LogP contribution in [0.3, 0.4) is 0 Å². The lowest BCUT2D eigenvalue weighted by atomic mass is 9.90. The van der Waals surface area contributed by atoms with Gasteiger partial charge < -0.3 is 4.90 Å². The zero-order valence-electron chi connectivity index (χ0n) is 26.1. The summed E-state index contributed by atoms with van der Waals surface area (Å²) in [5.41, 5.74) is 5.92. The topological polar surface area (TPSA) is 3.24 Å². The third-order valence-corrected chi connectivity index (χ3v) is 11.0. The van der Waals surface area contributed by atoms with Crippen LogP contribution in [-0.4, -0.2) is 0 Å². The normalized spacial score (nSPS) is 11.8. The molecule has 0 amide bonds. The SMILES string of the molecule is c1ccc(N(c2ccc(-c3cc4ccc5ccccc5c4c4ccccc34)cc2)c2cccc3ccc4c5ccccc5sc4c23)cc1. The summed E-state index contributed by atoms with van der Waals surface area (Å²) >= 11 is 1.89. The molecule has 10 rings (SSSR count). The average Bonchev–Trinajstić information content (AvgIpc) is 3.54. The van der Waals surface area contributed by atoms with Crippen LogP contribution >= 0.6 is 11.3 Å². The van der Waals surface area contributed by atoms with Gasteiger partial charge in [-0.3, -0.25) is 0 Å². The summed E-state index contributed by atoms with van der Waals surface area (Å²) in [5, 5.41) is 12.9. The van der Waals surface area contributed by atoms with Crippen molar-refractivity contribution >= 4 is 91.7 Å². The van der Waals surface area contributed by atoms with Crippen LogP contribution in [0.15, 0.2) is 176 Å². The van der Waals surface area contributed by atoms with Crippen molar-refractivity contribution < 1.29 is 0 Å². The Bertz CT molecular complexity index is 2830. The van der Waals surface area contributed by atoms with E-state index in [4.69, 9.17) is 0 Å². The number of rotatable bonds is 4. The molecular weight excluding hydrogens is 599 g/mol. The Balaban J connectivity index is 1.17. The molecule has 0 radical (unpaired) electrons. The predicted octanol–water partition coefficient (Wildman–Crippen LogP) is 13.8. The molecule has 0 N–H and O–H groups in total. The van der Waals surface area contributed by atoms with Gasteiger partial charge in [-0.1, -0.05) is 133 Å². The second-order valence-corrected chi connectivity index (χ2v) is 13.5. The van der Waals surface area contributed by atoms with Gasteiger partial charge in [0.25, 0.3) is 0 Å². The van der Waals surface area contributed by atoms with E-state index in [9.17, 15) is 0 Å². The number of hydrogen-bond donors (Lipinski definition) is 0. The first-order chi connectivity index (χ1) is 23.8.